The Bertz CT molecular complexity index is 621. The van der Waals surface area contributed by atoms with Gasteiger partial charge in [-0.3, -0.25) is 9.59 Å². The molecule has 0 aliphatic rings. The maximum atomic E-state index is 12.3. The number of carboxylic acid groups (broad SMARTS) is 1. The molecule has 2 N–H and O–H groups in total. The number of benzene rings is 1. The van der Waals surface area contributed by atoms with Crippen molar-refractivity contribution in [3.8, 4) is 0 Å². The molecule has 0 bridgehead atoms. The minimum absolute atomic E-state index is 0.0171. The van der Waals surface area contributed by atoms with Gasteiger partial charge in [0.15, 0.2) is 0 Å². The molecular formula is C16H17NO3S. The second-order valence-corrected chi connectivity index (χ2v) is 5.72. The van der Waals surface area contributed by atoms with Crippen LogP contribution in [-0.4, -0.2) is 17.0 Å². The summed E-state index contributed by atoms with van der Waals surface area (Å²) in [6.07, 6.45) is 0.388. The fraction of sp³-hybridized carbons (Fsp3) is 0.250. The van der Waals surface area contributed by atoms with Gasteiger partial charge in [0.2, 0.25) is 0 Å². The second-order valence-electron chi connectivity index (χ2n) is 4.80. The normalized spacial score (nSPS) is 11.9. The molecule has 1 aromatic heterocycles. The summed E-state index contributed by atoms with van der Waals surface area (Å²) in [5.74, 6) is -1.01. The number of carbonyl (C=O) groups is 2. The average Bonchev–Trinajstić information content (AvgIpc) is 2.90. The summed E-state index contributed by atoms with van der Waals surface area (Å²) >= 11 is 1.39. The largest absolute Gasteiger partial charge is 0.481 e. The third kappa shape index (κ3) is 4.16. The Labute approximate surface area is 127 Å². The van der Waals surface area contributed by atoms with Crippen LogP contribution in [0.4, 0.5) is 0 Å². The van der Waals surface area contributed by atoms with Crippen molar-refractivity contribution in [2.24, 2.45) is 0 Å². The van der Waals surface area contributed by atoms with Crippen molar-refractivity contribution in [3.05, 3.63) is 57.8 Å². The molecule has 5 heteroatoms. The number of rotatable bonds is 6. The highest BCUT2D eigenvalue weighted by Gasteiger charge is 2.18. The first-order valence-corrected chi connectivity index (χ1v) is 7.57. The zero-order chi connectivity index (χ0) is 15.2. The number of hydrogen-bond acceptors (Lipinski definition) is 3. The van der Waals surface area contributed by atoms with Gasteiger partial charge in [0.05, 0.1) is 10.9 Å². The number of hydrogen-bond donors (Lipinski definition) is 2. The molecule has 1 aromatic carbocycles. The van der Waals surface area contributed by atoms with Crippen molar-refractivity contribution in [3.63, 3.8) is 0 Å². The monoisotopic (exact) mass is 303 g/mol. The first-order chi connectivity index (χ1) is 10.1. The molecule has 1 heterocycles. The average molecular weight is 303 g/mol. The van der Waals surface area contributed by atoms with E-state index in [1.165, 1.54) is 11.3 Å². The van der Waals surface area contributed by atoms with Crippen molar-refractivity contribution >= 4 is 23.2 Å². The van der Waals surface area contributed by atoms with Gasteiger partial charge >= 0.3 is 5.97 Å². The summed E-state index contributed by atoms with van der Waals surface area (Å²) in [4.78, 5) is 23.8. The van der Waals surface area contributed by atoms with Gasteiger partial charge < -0.3 is 10.4 Å². The Hall–Kier alpha value is -2.14. The van der Waals surface area contributed by atoms with Crippen LogP contribution in [0.1, 0.15) is 39.7 Å². The van der Waals surface area contributed by atoms with Crippen LogP contribution in [0.25, 0.3) is 0 Å². The van der Waals surface area contributed by atoms with Crippen LogP contribution in [0, 0.1) is 6.92 Å². The van der Waals surface area contributed by atoms with Crippen molar-refractivity contribution < 1.29 is 14.7 Å². The number of carbonyl (C=O) groups excluding carboxylic acids is 1. The lowest BCUT2D eigenvalue weighted by Gasteiger charge is -2.18. The highest BCUT2D eigenvalue weighted by atomic mass is 32.1. The van der Waals surface area contributed by atoms with Gasteiger partial charge in [-0.25, -0.2) is 0 Å². The molecule has 0 fully saturated rings. The molecule has 1 amide bonds. The van der Waals surface area contributed by atoms with Crippen LogP contribution in [0.3, 0.4) is 0 Å². The number of thiophene rings is 1. The second kappa shape index (κ2) is 7.04. The predicted octanol–water partition coefficient (Wildman–Crippen LogP) is 3.39. The van der Waals surface area contributed by atoms with Crippen molar-refractivity contribution in [1.82, 2.24) is 5.32 Å². The fourth-order valence-corrected chi connectivity index (χ4v) is 2.93. The first kappa shape index (κ1) is 15.3. The predicted molar refractivity (Wildman–Crippen MR) is 82.6 cm³/mol. The van der Waals surface area contributed by atoms with Gasteiger partial charge in [-0.1, -0.05) is 30.3 Å². The third-order valence-corrected chi connectivity index (χ3v) is 4.24. The fourth-order valence-electron chi connectivity index (χ4n) is 2.10. The van der Waals surface area contributed by atoms with E-state index in [0.29, 0.717) is 11.3 Å². The molecular weight excluding hydrogens is 286 g/mol. The Morgan fingerprint density at radius 2 is 1.95 bits per heavy atom. The number of carboxylic acids is 1. The molecule has 1 unspecified atom stereocenters. The van der Waals surface area contributed by atoms with Crippen molar-refractivity contribution in [2.75, 3.05) is 0 Å². The third-order valence-electron chi connectivity index (χ3n) is 3.22. The molecule has 0 radical (unpaired) electrons. The van der Waals surface area contributed by atoms with Gasteiger partial charge in [0.25, 0.3) is 5.91 Å². The van der Waals surface area contributed by atoms with Crippen LogP contribution in [0.15, 0.2) is 41.8 Å². The summed E-state index contributed by atoms with van der Waals surface area (Å²) in [6.45, 7) is 1.89. The molecule has 0 spiro atoms. The maximum Gasteiger partial charge on any atom is 0.303 e. The van der Waals surface area contributed by atoms with Crippen LogP contribution in [0.5, 0.6) is 0 Å². The standard InChI is InChI=1S/C16H17NO3S/c1-11-9-10-21-15(11)16(20)17-13(7-8-14(18)19)12-5-3-2-4-6-12/h2-6,9-10,13H,7-8H2,1H3,(H,17,20)(H,18,19). The summed E-state index contributed by atoms with van der Waals surface area (Å²) in [5, 5.41) is 13.7. The number of nitrogens with one attached hydrogen (secondary N) is 1. The van der Waals surface area contributed by atoms with E-state index in [9.17, 15) is 9.59 Å². The summed E-state index contributed by atoms with van der Waals surface area (Å²) < 4.78 is 0. The lowest BCUT2D eigenvalue weighted by atomic mass is 10.0. The smallest absolute Gasteiger partial charge is 0.303 e. The molecule has 2 rings (SSSR count). The quantitative estimate of drug-likeness (QED) is 0.859. The lowest BCUT2D eigenvalue weighted by molar-refractivity contribution is -0.137. The van der Waals surface area contributed by atoms with Crippen LogP contribution < -0.4 is 5.32 Å². The van der Waals surface area contributed by atoms with E-state index in [4.69, 9.17) is 5.11 Å². The Morgan fingerprint density at radius 3 is 2.52 bits per heavy atom. The topological polar surface area (TPSA) is 66.4 Å². The minimum Gasteiger partial charge on any atom is -0.481 e. The Morgan fingerprint density at radius 1 is 1.24 bits per heavy atom. The molecule has 1 atom stereocenters. The van der Waals surface area contributed by atoms with E-state index < -0.39 is 5.97 Å². The first-order valence-electron chi connectivity index (χ1n) is 6.69. The summed E-state index contributed by atoms with van der Waals surface area (Å²) in [6, 6.07) is 11.0. The SMILES string of the molecule is Cc1ccsc1C(=O)NC(CCC(=O)O)c1ccccc1. The van der Waals surface area contributed by atoms with E-state index >= 15 is 0 Å². The van der Waals surface area contributed by atoms with E-state index in [-0.39, 0.29) is 18.4 Å². The van der Waals surface area contributed by atoms with Gasteiger partial charge in [0.1, 0.15) is 0 Å². The number of amides is 1. The van der Waals surface area contributed by atoms with Crippen molar-refractivity contribution in [1.29, 1.82) is 0 Å². The summed E-state index contributed by atoms with van der Waals surface area (Å²) in [7, 11) is 0. The number of aryl methyl sites for hydroxylation is 1. The minimum atomic E-state index is -0.863. The van der Waals surface area contributed by atoms with E-state index in [0.717, 1.165) is 11.1 Å². The molecule has 4 nitrogen and oxygen atoms in total. The Kier molecular flexibility index (Phi) is 5.11. The lowest BCUT2D eigenvalue weighted by Crippen LogP contribution is -2.28. The van der Waals surface area contributed by atoms with Crippen LogP contribution in [-0.2, 0) is 4.79 Å². The molecule has 21 heavy (non-hydrogen) atoms. The van der Waals surface area contributed by atoms with Gasteiger partial charge in [-0.05, 0) is 35.9 Å². The molecule has 0 saturated heterocycles. The van der Waals surface area contributed by atoms with Crippen LogP contribution >= 0.6 is 11.3 Å². The molecule has 0 saturated carbocycles. The van der Waals surface area contributed by atoms with Gasteiger partial charge in [0, 0.05) is 6.42 Å². The van der Waals surface area contributed by atoms with E-state index in [2.05, 4.69) is 5.32 Å². The zero-order valence-corrected chi connectivity index (χ0v) is 12.5. The van der Waals surface area contributed by atoms with Crippen molar-refractivity contribution in [2.45, 2.75) is 25.8 Å². The van der Waals surface area contributed by atoms with E-state index in [1.54, 1.807) is 0 Å². The zero-order valence-electron chi connectivity index (χ0n) is 11.7. The molecule has 110 valence electrons. The highest BCUT2D eigenvalue weighted by molar-refractivity contribution is 7.12. The number of aliphatic carboxylic acids is 1. The van der Waals surface area contributed by atoms with Gasteiger partial charge in [-0.15, -0.1) is 11.3 Å². The highest BCUT2D eigenvalue weighted by Crippen LogP contribution is 2.21. The molecule has 0 aliphatic heterocycles. The summed E-state index contributed by atoms with van der Waals surface area (Å²) in [5.41, 5.74) is 1.85. The van der Waals surface area contributed by atoms with Crippen LogP contribution in [0.2, 0.25) is 0 Å². The molecule has 2 aromatic rings. The van der Waals surface area contributed by atoms with Gasteiger partial charge in [-0.2, -0.15) is 0 Å². The maximum absolute atomic E-state index is 12.3. The Balaban J connectivity index is 2.14. The molecule has 0 aliphatic carbocycles. The van der Waals surface area contributed by atoms with E-state index in [1.807, 2.05) is 48.7 Å².